The Balaban J connectivity index is 1.85. The molecule has 0 radical (unpaired) electrons. The first-order chi connectivity index (χ1) is 16.1. The van der Waals surface area contributed by atoms with E-state index in [1.165, 1.54) is 19.3 Å². The molecule has 34 heavy (non-hydrogen) atoms. The number of unbranched alkanes of at least 4 members (excludes halogenated alkanes) is 2. The van der Waals surface area contributed by atoms with Crippen molar-refractivity contribution in [2.24, 2.45) is 12.5 Å². The number of H-pyrrole nitrogens is 1. The normalized spacial score (nSPS) is 13.9. The molecule has 0 amide bonds. The number of aryl methyl sites for hydroxylation is 1. The van der Waals surface area contributed by atoms with Crippen molar-refractivity contribution in [3.05, 3.63) is 30.0 Å². The lowest BCUT2D eigenvalue weighted by Gasteiger charge is -2.31. The van der Waals surface area contributed by atoms with E-state index >= 15 is 0 Å². The first-order valence-corrected chi connectivity index (χ1v) is 13.0. The average Bonchev–Trinajstić information content (AvgIpc) is 3.35. The fourth-order valence-electron chi connectivity index (χ4n) is 5.01. The number of aromatic nitrogens is 4. The van der Waals surface area contributed by atoms with Crippen LogP contribution < -0.4 is 5.32 Å². The van der Waals surface area contributed by atoms with Gasteiger partial charge in [-0.2, -0.15) is 0 Å². The number of aromatic amines is 1. The van der Waals surface area contributed by atoms with Gasteiger partial charge in [0.25, 0.3) is 0 Å². The molecular weight excluding hydrogens is 422 g/mol. The summed E-state index contributed by atoms with van der Waals surface area (Å²) in [4.78, 5) is 26.1. The number of carbonyl (C=O) groups is 1. The lowest BCUT2D eigenvalue weighted by Crippen LogP contribution is -2.34. The van der Waals surface area contributed by atoms with Gasteiger partial charge in [0, 0.05) is 29.8 Å². The van der Waals surface area contributed by atoms with Crippen LogP contribution in [-0.4, -0.2) is 30.8 Å². The van der Waals surface area contributed by atoms with Crippen LogP contribution in [0.5, 0.6) is 0 Å². The van der Waals surface area contributed by atoms with Crippen LogP contribution in [-0.2, 0) is 7.05 Å². The number of fused-ring (bicyclic) bond motifs is 1. The van der Waals surface area contributed by atoms with E-state index in [1.807, 2.05) is 49.9 Å². The van der Waals surface area contributed by atoms with Gasteiger partial charge in [0.1, 0.15) is 5.82 Å². The van der Waals surface area contributed by atoms with Crippen molar-refractivity contribution in [2.45, 2.75) is 98.4 Å². The SMILES string of the molecule is CCCCCC(C)(CCC)Nc1cn(C)c(-c2nc3ccc(C(=O)C(C)(C)CCC)cc3[nH]2)n1. The molecule has 186 valence electrons. The number of anilines is 1. The third-order valence-corrected chi connectivity index (χ3v) is 6.89. The van der Waals surface area contributed by atoms with E-state index in [1.54, 1.807) is 0 Å². The molecule has 0 saturated heterocycles. The number of nitrogens with zero attached hydrogens (tertiary/aromatic N) is 3. The summed E-state index contributed by atoms with van der Waals surface area (Å²) in [6.45, 7) is 13.0. The van der Waals surface area contributed by atoms with Crippen LogP contribution in [0.3, 0.4) is 0 Å². The van der Waals surface area contributed by atoms with E-state index in [9.17, 15) is 4.79 Å². The summed E-state index contributed by atoms with van der Waals surface area (Å²) in [7, 11) is 2.00. The lowest BCUT2D eigenvalue weighted by molar-refractivity contribution is 0.0825. The highest BCUT2D eigenvalue weighted by Crippen LogP contribution is 2.30. The highest BCUT2D eigenvalue weighted by molar-refractivity contribution is 6.02. The van der Waals surface area contributed by atoms with Crippen molar-refractivity contribution >= 4 is 22.6 Å². The zero-order valence-electron chi connectivity index (χ0n) is 22.2. The Morgan fingerprint density at radius 2 is 1.74 bits per heavy atom. The van der Waals surface area contributed by atoms with Crippen molar-refractivity contribution in [1.82, 2.24) is 19.5 Å². The zero-order chi connectivity index (χ0) is 24.9. The van der Waals surface area contributed by atoms with Crippen LogP contribution in [0.2, 0.25) is 0 Å². The summed E-state index contributed by atoms with van der Waals surface area (Å²) in [6, 6.07) is 5.75. The van der Waals surface area contributed by atoms with Crippen LogP contribution in [0.4, 0.5) is 5.82 Å². The largest absolute Gasteiger partial charge is 0.364 e. The smallest absolute Gasteiger partial charge is 0.178 e. The Morgan fingerprint density at radius 1 is 1.00 bits per heavy atom. The Bertz CT molecular complexity index is 1110. The molecule has 2 aromatic heterocycles. The van der Waals surface area contributed by atoms with E-state index in [0.29, 0.717) is 5.82 Å². The maximum Gasteiger partial charge on any atom is 0.178 e. The van der Waals surface area contributed by atoms with E-state index in [0.717, 1.165) is 60.3 Å². The molecule has 0 saturated carbocycles. The molecule has 0 aliphatic rings. The second-order valence-electron chi connectivity index (χ2n) is 10.7. The molecule has 0 aliphatic heterocycles. The van der Waals surface area contributed by atoms with Crippen LogP contribution in [0.15, 0.2) is 24.4 Å². The molecule has 0 fully saturated rings. The van der Waals surface area contributed by atoms with Gasteiger partial charge in [0.2, 0.25) is 0 Å². The van der Waals surface area contributed by atoms with E-state index in [4.69, 9.17) is 9.97 Å². The van der Waals surface area contributed by atoms with Gasteiger partial charge in [-0.1, -0.05) is 66.7 Å². The van der Waals surface area contributed by atoms with Crippen molar-refractivity contribution < 1.29 is 4.79 Å². The van der Waals surface area contributed by atoms with Crippen molar-refractivity contribution in [2.75, 3.05) is 5.32 Å². The molecule has 1 aromatic carbocycles. The molecule has 1 atom stereocenters. The number of benzene rings is 1. The van der Waals surface area contributed by atoms with Gasteiger partial charge in [0.05, 0.1) is 11.0 Å². The highest BCUT2D eigenvalue weighted by Gasteiger charge is 2.28. The average molecular weight is 466 g/mol. The van der Waals surface area contributed by atoms with Crippen molar-refractivity contribution in [3.63, 3.8) is 0 Å². The zero-order valence-corrected chi connectivity index (χ0v) is 22.2. The monoisotopic (exact) mass is 465 g/mol. The number of ketones is 1. The summed E-state index contributed by atoms with van der Waals surface area (Å²) < 4.78 is 2.01. The first-order valence-electron chi connectivity index (χ1n) is 13.0. The van der Waals surface area contributed by atoms with E-state index < -0.39 is 0 Å². The summed E-state index contributed by atoms with van der Waals surface area (Å²) in [5.74, 6) is 2.55. The molecule has 2 heterocycles. The first kappa shape index (κ1) is 26.0. The van der Waals surface area contributed by atoms with Crippen LogP contribution in [0.25, 0.3) is 22.7 Å². The molecule has 1 unspecified atom stereocenters. The standard InChI is InChI=1S/C28H43N5O/c1-8-11-12-17-28(6,16-10-3)32-23-19-33(7)26(31-23)25-29-21-14-13-20(18-22(21)30-25)24(34)27(4,5)15-9-2/h13-14,18-19,32H,8-12,15-17H2,1-7H3,(H,29,30). The molecular formula is C28H43N5O. The Morgan fingerprint density at radius 3 is 2.41 bits per heavy atom. The topological polar surface area (TPSA) is 75.6 Å². The van der Waals surface area contributed by atoms with Crippen molar-refractivity contribution in [1.29, 1.82) is 0 Å². The second kappa shape index (κ2) is 10.7. The Labute approximate surface area is 205 Å². The molecule has 3 aromatic rings. The summed E-state index contributed by atoms with van der Waals surface area (Å²) in [5, 5.41) is 3.71. The molecule has 0 spiro atoms. The summed E-state index contributed by atoms with van der Waals surface area (Å²) in [6.07, 6.45) is 11.0. The third-order valence-electron chi connectivity index (χ3n) is 6.89. The van der Waals surface area contributed by atoms with E-state index in [2.05, 4.69) is 38.0 Å². The predicted octanol–water partition coefficient (Wildman–Crippen LogP) is 7.52. The maximum atomic E-state index is 13.1. The molecule has 0 aliphatic carbocycles. The predicted molar refractivity (Wildman–Crippen MR) is 142 cm³/mol. The minimum absolute atomic E-state index is 0.0317. The number of rotatable bonds is 13. The van der Waals surface area contributed by atoms with Gasteiger partial charge in [-0.3, -0.25) is 4.79 Å². The van der Waals surface area contributed by atoms with Crippen LogP contribution in [0.1, 0.15) is 103 Å². The minimum Gasteiger partial charge on any atom is -0.364 e. The molecule has 6 nitrogen and oxygen atoms in total. The highest BCUT2D eigenvalue weighted by atomic mass is 16.1. The molecule has 0 bridgehead atoms. The van der Waals surface area contributed by atoms with Gasteiger partial charge in [-0.25, -0.2) is 9.97 Å². The number of nitrogens with one attached hydrogen (secondary N) is 2. The van der Waals surface area contributed by atoms with Gasteiger partial charge in [-0.15, -0.1) is 0 Å². The number of imidazole rings is 2. The number of hydrogen-bond donors (Lipinski definition) is 2. The maximum absolute atomic E-state index is 13.1. The van der Waals surface area contributed by atoms with Gasteiger partial charge >= 0.3 is 0 Å². The molecule has 6 heteroatoms. The Kier molecular flexibility index (Phi) is 8.21. The number of Topliss-reactive ketones (excluding diaryl/α,β-unsaturated/α-hetero) is 1. The lowest BCUT2D eigenvalue weighted by atomic mass is 9.80. The minimum atomic E-state index is -0.367. The summed E-state index contributed by atoms with van der Waals surface area (Å²) >= 11 is 0. The van der Waals surface area contributed by atoms with Crippen LogP contribution >= 0.6 is 0 Å². The fourth-order valence-corrected chi connectivity index (χ4v) is 5.01. The van der Waals surface area contributed by atoms with Gasteiger partial charge < -0.3 is 14.9 Å². The van der Waals surface area contributed by atoms with Gasteiger partial charge in [0.15, 0.2) is 17.4 Å². The molecule has 2 N–H and O–H groups in total. The number of hydrogen-bond acceptors (Lipinski definition) is 4. The van der Waals surface area contributed by atoms with Crippen LogP contribution in [0, 0.1) is 5.41 Å². The van der Waals surface area contributed by atoms with Crippen molar-refractivity contribution in [3.8, 4) is 11.6 Å². The number of carbonyl (C=O) groups excluding carboxylic acids is 1. The molecule has 3 rings (SSSR count). The fraction of sp³-hybridized carbons (Fsp3) is 0.607. The quantitative estimate of drug-likeness (QED) is 0.202. The Hall–Kier alpha value is -2.63. The van der Waals surface area contributed by atoms with E-state index in [-0.39, 0.29) is 16.7 Å². The second-order valence-corrected chi connectivity index (χ2v) is 10.7. The van der Waals surface area contributed by atoms with Gasteiger partial charge in [-0.05, 0) is 44.4 Å². The third kappa shape index (κ3) is 5.89. The summed E-state index contributed by atoms with van der Waals surface area (Å²) in [5.41, 5.74) is 2.09.